The predicted octanol–water partition coefficient (Wildman–Crippen LogP) is 0.284. The number of halogens is 7. The van der Waals surface area contributed by atoms with E-state index in [1.165, 1.54) is 0 Å². The van der Waals surface area contributed by atoms with Crippen LogP contribution in [-0.2, 0) is 6.18 Å². The number of alkyl halides is 3. The summed E-state index contributed by atoms with van der Waals surface area (Å²) in [6.45, 7) is 0. The summed E-state index contributed by atoms with van der Waals surface area (Å²) in [7, 11) is -4.36. The van der Waals surface area contributed by atoms with E-state index in [1.807, 2.05) is 0 Å². The molecule has 6 N–H and O–H groups in total. The first kappa shape index (κ1) is 14.9. The minimum absolute atomic E-state index is 1.58. The van der Waals surface area contributed by atoms with Gasteiger partial charge in [0.15, 0.2) is 23.3 Å². The van der Waals surface area contributed by atoms with Gasteiger partial charge in [0, 0.05) is 0 Å². The lowest BCUT2D eigenvalue weighted by Crippen LogP contribution is -2.75. The Hall–Kier alpha value is -1.17. The van der Waals surface area contributed by atoms with Crippen LogP contribution < -0.4 is 21.4 Å². The van der Waals surface area contributed by atoms with Crippen LogP contribution in [0.5, 0.6) is 0 Å². The van der Waals surface area contributed by atoms with Crippen LogP contribution in [-0.4, -0.2) is 8.56 Å². The molecule has 1 aromatic carbocycles. The van der Waals surface area contributed by atoms with Crippen LogP contribution in [0, 0.1) is 23.3 Å². The van der Waals surface area contributed by atoms with Gasteiger partial charge in [-0.1, -0.05) is 0 Å². The number of nitrogens with two attached hydrogens (primary N) is 3. The van der Waals surface area contributed by atoms with Crippen molar-refractivity contribution in [3.8, 4) is 0 Å². The Kier molecular flexibility index (Phi) is 3.46. The number of rotatable bonds is 1. The molecule has 102 valence electrons. The van der Waals surface area contributed by atoms with Gasteiger partial charge in [-0.15, -0.1) is 0 Å². The maximum Gasteiger partial charge on any atom is 0.422 e. The van der Waals surface area contributed by atoms with Crippen LogP contribution in [0.1, 0.15) is 5.56 Å². The molecule has 0 saturated heterocycles. The third-order valence-electron chi connectivity index (χ3n) is 1.98. The van der Waals surface area contributed by atoms with E-state index in [0.29, 0.717) is 0 Å². The molecule has 0 aliphatic carbocycles. The summed E-state index contributed by atoms with van der Waals surface area (Å²) in [4.78, 5) is 0. The lowest BCUT2D eigenvalue weighted by atomic mass is 10.1. The highest BCUT2D eigenvalue weighted by Gasteiger charge is 2.45. The molecular weight excluding hydrogens is 287 g/mol. The van der Waals surface area contributed by atoms with E-state index in [9.17, 15) is 30.7 Å². The standard InChI is InChI=1S/C7H6F7N3Si/c8-2-1(7(12,13)14)3(9)5(11)6(4(2)10)18(15,16)17/h15-17H2. The minimum Gasteiger partial charge on any atom is -0.323 e. The van der Waals surface area contributed by atoms with E-state index in [4.69, 9.17) is 16.2 Å². The number of hydrogen-bond acceptors (Lipinski definition) is 3. The molecule has 0 heterocycles. The quantitative estimate of drug-likeness (QED) is 0.395. The highest BCUT2D eigenvalue weighted by Crippen LogP contribution is 2.34. The molecule has 0 spiro atoms. The molecule has 1 rings (SSSR count). The van der Waals surface area contributed by atoms with E-state index in [2.05, 4.69) is 0 Å². The molecular formula is C7H6F7N3Si. The van der Waals surface area contributed by atoms with Crippen LogP contribution in [0.4, 0.5) is 30.7 Å². The summed E-state index contributed by atoms with van der Waals surface area (Å²) in [5, 5.41) is 13.3. The predicted molar refractivity (Wildman–Crippen MR) is 49.2 cm³/mol. The zero-order valence-corrected chi connectivity index (χ0v) is 9.38. The average Bonchev–Trinajstić information content (AvgIpc) is 2.10. The van der Waals surface area contributed by atoms with Gasteiger partial charge in [0.05, 0.1) is 5.19 Å². The van der Waals surface area contributed by atoms with E-state index >= 15 is 0 Å². The molecule has 0 fully saturated rings. The zero-order valence-electron chi connectivity index (χ0n) is 8.38. The normalized spacial score (nSPS) is 13.0. The van der Waals surface area contributed by atoms with Crippen molar-refractivity contribution in [3.63, 3.8) is 0 Å². The van der Waals surface area contributed by atoms with E-state index in [-0.39, 0.29) is 0 Å². The topological polar surface area (TPSA) is 78.1 Å². The Labute approximate surface area is 96.6 Å². The van der Waals surface area contributed by atoms with Crippen molar-refractivity contribution in [1.82, 2.24) is 0 Å². The molecule has 0 unspecified atom stereocenters. The molecule has 0 radical (unpaired) electrons. The highest BCUT2D eigenvalue weighted by molar-refractivity contribution is 6.83. The van der Waals surface area contributed by atoms with E-state index < -0.39 is 48.8 Å². The Morgan fingerprint density at radius 1 is 0.722 bits per heavy atom. The van der Waals surface area contributed by atoms with Gasteiger partial charge in [-0.05, 0) is 0 Å². The Balaban J connectivity index is 3.79. The van der Waals surface area contributed by atoms with Gasteiger partial charge in [0.2, 0.25) is 0 Å². The molecule has 0 aliphatic heterocycles. The van der Waals surface area contributed by atoms with Crippen molar-refractivity contribution >= 4 is 13.7 Å². The van der Waals surface area contributed by atoms with Crippen molar-refractivity contribution < 1.29 is 30.7 Å². The monoisotopic (exact) mass is 293 g/mol. The third kappa shape index (κ3) is 2.34. The fraction of sp³-hybridized carbons (Fsp3) is 0.143. The maximum absolute atomic E-state index is 13.2. The van der Waals surface area contributed by atoms with Crippen molar-refractivity contribution in [2.45, 2.75) is 6.18 Å². The summed E-state index contributed by atoms with van der Waals surface area (Å²) < 4.78 is 89.3. The molecule has 11 heteroatoms. The molecule has 0 aliphatic rings. The summed E-state index contributed by atoms with van der Waals surface area (Å²) in [5.74, 6) is -9.93. The van der Waals surface area contributed by atoms with E-state index in [1.54, 1.807) is 0 Å². The fourth-order valence-electron chi connectivity index (χ4n) is 1.26. The smallest absolute Gasteiger partial charge is 0.323 e. The summed E-state index contributed by atoms with van der Waals surface area (Å²) in [6, 6.07) is 0. The molecule has 0 atom stereocenters. The van der Waals surface area contributed by atoms with Gasteiger partial charge in [-0.2, -0.15) is 13.2 Å². The third-order valence-corrected chi connectivity index (χ3v) is 3.28. The first-order chi connectivity index (χ1) is 7.89. The molecule has 0 bridgehead atoms. The average molecular weight is 293 g/mol. The van der Waals surface area contributed by atoms with Gasteiger partial charge in [0.1, 0.15) is 5.56 Å². The second-order valence-electron chi connectivity index (χ2n) is 3.44. The van der Waals surface area contributed by atoms with Crippen LogP contribution in [0.15, 0.2) is 0 Å². The second-order valence-corrected chi connectivity index (χ2v) is 5.80. The van der Waals surface area contributed by atoms with Gasteiger partial charge in [0.25, 0.3) is 0 Å². The van der Waals surface area contributed by atoms with Crippen molar-refractivity contribution in [2.24, 2.45) is 16.2 Å². The summed E-state index contributed by atoms with van der Waals surface area (Å²) >= 11 is 0. The van der Waals surface area contributed by atoms with Crippen molar-refractivity contribution in [1.29, 1.82) is 0 Å². The lowest BCUT2D eigenvalue weighted by Gasteiger charge is -2.19. The summed E-state index contributed by atoms with van der Waals surface area (Å²) in [5.41, 5.74) is -2.69. The molecule has 0 aromatic heterocycles. The molecule has 18 heavy (non-hydrogen) atoms. The van der Waals surface area contributed by atoms with Crippen LogP contribution in [0.2, 0.25) is 0 Å². The second kappa shape index (κ2) is 4.19. The lowest BCUT2D eigenvalue weighted by molar-refractivity contribution is -0.143. The first-order valence-electron chi connectivity index (χ1n) is 4.19. The number of hydrogen-bond donors (Lipinski definition) is 3. The zero-order chi connectivity index (χ0) is 14.5. The van der Waals surface area contributed by atoms with Crippen LogP contribution in [0.25, 0.3) is 0 Å². The van der Waals surface area contributed by atoms with Gasteiger partial charge >= 0.3 is 14.7 Å². The van der Waals surface area contributed by atoms with Gasteiger partial charge < -0.3 is 16.2 Å². The van der Waals surface area contributed by atoms with Crippen molar-refractivity contribution in [2.75, 3.05) is 0 Å². The van der Waals surface area contributed by atoms with Crippen LogP contribution in [0.3, 0.4) is 0 Å². The minimum atomic E-state index is -5.61. The summed E-state index contributed by atoms with van der Waals surface area (Å²) in [6.07, 6.45) is -5.61. The molecule has 0 amide bonds. The molecule has 1 aromatic rings. The van der Waals surface area contributed by atoms with E-state index in [0.717, 1.165) is 0 Å². The molecule has 3 nitrogen and oxygen atoms in total. The maximum atomic E-state index is 13.2. The Bertz CT molecular complexity index is 419. The highest BCUT2D eigenvalue weighted by atomic mass is 28.4. The SMILES string of the molecule is N[Si](N)(N)c1c(F)c(F)c(C(F)(F)F)c(F)c1F. The molecule has 0 saturated carbocycles. The van der Waals surface area contributed by atoms with Crippen LogP contribution >= 0.6 is 0 Å². The van der Waals surface area contributed by atoms with Gasteiger partial charge in [-0.3, -0.25) is 0 Å². The number of benzene rings is 1. The first-order valence-corrected chi connectivity index (χ1v) is 6.42. The fourth-order valence-corrected chi connectivity index (χ4v) is 2.24. The Morgan fingerprint density at radius 2 is 1.06 bits per heavy atom. The Morgan fingerprint density at radius 3 is 1.28 bits per heavy atom. The largest absolute Gasteiger partial charge is 0.422 e. The van der Waals surface area contributed by atoms with Crippen molar-refractivity contribution in [3.05, 3.63) is 28.8 Å². The van der Waals surface area contributed by atoms with Gasteiger partial charge in [-0.25, -0.2) is 17.6 Å².